The molecule has 0 aliphatic carbocycles. The highest BCUT2D eigenvalue weighted by Gasteiger charge is 2.23. The largest absolute Gasteiger partial charge is 0.507 e. The molecule has 0 aliphatic heterocycles. The maximum atomic E-state index is 10.6. The zero-order chi connectivity index (χ0) is 17.2. The minimum atomic E-state index is 0.0370. The summed E-state index contributed by atoms with van der Waals surface area (Å²) in [4.78, 5) is 1.12. The first kappa shape index (κ1) is 17.1. The van der Waals surface area contributed by atoms with Crippen LogP contribution in [0.2, 0.25) is 0 Å². The number of furan rings is 1. The lowest BCUT2D eigenvalue weighted by Gasteiger charge is -2.25. The summed E-state index contributed by atoms with van der Waals surface area (Å²) in [6, 6.07) is 8.10. The molecule has 0 spiro atoms. The molecule has 0 unspecified atom stereocenters. The van der Waals surface area contributed by atoms with E-state index in [2.05, 4.69) is 32.9 Å². The molecule has 2 aromatic heterocycles. The van der Waals surface area contributed by atoms with Gasteiger partial charge in [-0.1, -0.05) is 52.5 Å². The zero-order valence-electron chi connectivity index (χ0n) is 14.8. The van der Waals surface area contributed by atoms with Gasteiger partial charge in [-0.2, -0.15) is 0 Å². The van der Waals surface area contributed by atoms with Crippen molar-refractivity contribution in [1.29, 1.82) is 0 Å². The van der Waals surface area contributed by atoms with Crippen LogP contribution in [0.15, 0.2) is 40.3 Å². The van der Waals surface area contributed by atoms with Crippen LogP contribution >= 0.6 is 11.3 Å². The third kappa shape index (κ3) is 3.36. The van der Waals surface area contributed by atoms with Gasteiger partial charge in [0, 0.05) is 10.4 Å². The SMILES string of the molecule is CCCCCCC(C)(C)c1cc(O)c2c(-c3cccs3)coc2c1. The number of phenols is 1. The van der Waals surface area contributed by atoms with E-state index in [1.807, 2.05) is 17.5 Å². The predicted octanol–water partition coefficient (Wildman–Crippen LogP) is 7.11. The van der Waals surface area contributed by atoms with Crippen molar-refractivity contribution in [3.63, 3.8) is 0 Å². The van der Waals surface area contributed by atoms with Crippen molar-refractivity contribution in [2.24, 2.45) is 0 Å². The highest BCUT2D eigenvalue weighted by molar-refractivity contribution is 7.13. The molecule has 3 rings (SSSR count). The van der Waals surface area contributed by atoms with E-state index in [0.717, 1.165) is 33.4 Å². The van der Waals surface area contributed by atoms with Gasteiger partial charge in [0.15, 0.2) is 0 Å². The number of phenolic OH excluding ortho intramolecular Hbond substituents is 1. The summed E-state index contributed by atoms with van der Waals surface area (Å²) in [6.45, 7) is 6.74. The van der Waals surface area contributed by atoms with E-state index in [-0.39, 0.29) is 5.41 Å². The maximum Gasteiger partial charge on any atom is 0.138 e. The van der Waals surface area contributed by atoms with Crippen LogP contribution in [0.1, 0.15) is 58.4 Å². The fourth-order valence-corrected chi connectivity index (χ4v) is 4.03. The number of fused-ring (bicyclic) bond motifs is 1. The molecule has 0 saturated heterocycles. The maximum absolute atomic E-state index is 10.6. The topological polar surface area (TPSA) is 33.4 Å². The summed E-state index contributed by atoms with van der Waals surface area (Å²) in [5, 5.41) is 13.5. The average molecular weight is 343 g/mol. The van der Waals surface area contributed by atoms with Crippen molar-refractivity contribution in [1.82, 2.24) is 0 Å². The third-order valence-electron chi connectivity index (χ3n) is 4.88. The Labute approximate surface area is 148 Å². The van der Waals surface area contributed by atoms with Gasteiger partial charge in [-0.15, -0.1) is 11.3 Å². The lowest BCUT2D eigenvalue weighted by molar-refractivity contribution is 0.438. The van der Waals surface area contributed by atoms with Gasteiger partial charge in [0.2, 0.25) is 0 Å². The molecule has 1 aromatic carbocycles. The van der Waals surface area contributed by atoms with E-state index in [9.17, 15) is 5.11 Å². The molecule has 0 saturated carbocycles. The van der Waals surface area contributed by atoms with E-state index >= 15 is 0 Å². The second-order valence-corrected chi connectivity index (χ2v) is 8.14. The number of benzene rings is 1. The Kier molecular flexibility index (Phi) is 5.00. The smallest absolute Gasteiger partial charge is 0.138 e. The van der Waals surface area contributed by atoms with Crippen molar-refractivity contribution >= 4 is 22.3 Å². The number of thiophene rings is 1. The molecule has 2 heterocycles. The number of hydrogen-bond acceptors (Lipinski definition) is 3. The number of hydrogen-bond donors (Lipinski definition) is 1. The first-order chi connectivity index (χ1) is 11.5. The van der Waals surface area contributed by atoms with Crippen LogP contribution in [0, 0.1) is 0 Å². The molecule has 2 nitrogen and oxygen atoms in total. The molecule has 3 heteroatoms. The second-order valence-electron chi connectivity index (χ2n) is 7.19. The predicted molar refractivity (Wildman–Crippen MR) is 103 cm³/mol. The first-order valence-corrected chi connectivity index (χ1v) is 9.69. The molecular weight excluding hydrogens is 316 g/mol. The molecule has 1 N–H and O–H groups in total. The Hall–Kier alpha value is -1.74. The minimum absolute atomic E-state index is 0.0370. The van der Waals surface area contributed by atoms with Crippen LogP contribution < -0.4 is 0 Å². The summed E-state index contributed by atoms with van der Waals surface area (Å²) in [5.41, 5.74) is 2.94. The van der Waals surface area contributed by atoms with E-state index in [1.54, 1.807) is 17.6 Å². The van der Waals surface area contributed by atoms with Crippen molar-refractivity contribution in [3.05, 3.63) is 41.5 Å². The highest BCUT2D eigenvalue weighted by Crippen LogP contribution is 2.42. The van der Waals surface area contributed by atoms with E-state index in [1.165, 1.54) is 25.7 Å². The highest BCUT2D eigenvalue weighted by atomic mass is 32.1. The standard InChI is InChI=1S/C21H26O2S/c1-4-5-6-7-10-21(2,3)15-12-17(22)20-16(14-23-18(20)13-15)19-9-8-11-24-19/h8-9,11-14,22H,4-7,10H2,1-3H3. The molecule has 3 aromatic rings. The third-order valence-corrected chi connectivity index (χ3v) is 5.78. The Balaban J connectivity index is 1.91. The van der Waals surface area contributed by atoms with Crippen molar-refractivity contribution < 1.29 is 9.52 Å². The van der Waals surface area contributed by atoms with Gasteiger partial charge in [-0.3, -0.25) is 0 Å². The Morgan fingerprint density at radius 3 is 2.71 bits per heavy atom. The van der Waals surface area contributed by atoms with Crippen LogP contribution in [0.4, 0.5) is 0 Å². The van der Waals surface area contributed by atoms with Crippen molar-refractivity contribution in [2.75, 3.05) is 0 Å². The summed E-state index contributed by atoms with van der Waals surface area (Å²) < 4.78 is 5.78. The molecule has 0 radical (unpaired) electrons. The summed E-state index contributed by atoms with van der Waals surface area (Å²) in [5.74, 6) is 0.321. The lowest BCUT2D eigenvalue weighted by Crippen LogP contribution is -2.16. The van der Waals surface area contributed by atoms with Gasteiger partial charge in [-0.25, -0.2) is 0 Å². The van der Waals surface area contributed by atoms with E-state index in [0.29, 0.717) is 5.75 Å². The van der Waals surface area contributed by atoms with Crippen LogP contribution in [0.25, 0.3) is 21.4 Å². The lowest BCUT2D eigenvalue weighted by atomic mass is 9.79. The monoisotopic (exact) mass is 342 g/mol. The van der Waals surface area contributed by atoms with Gasteiger partial charge < -0.3 is 9.52 Å². The van der Waals surface area contributed by atoms with E-state index < -0.39 is 0 Å². The fourth-order valence-electron chi connectivity index (χ4n) is 3.29. The van der Waals surface area contributed by atoms with Gasteiger partial charge in [-0.05, 0) is 41.0 Å². The first-order valence-electron chi connectivity index (χ1n) is 8.81. The van der Waals surface area contributed by atoms with Gasteiger partial charge in [0.05, 0.1) is 5.39 Å². The quantitative estimate of drug-likeness (QED) is 0.464. The molecular formula is C21H26O2S. The average Bonchev–Trinajstić information content (AvgIpc) is 3.20. The van der Waals surface area contributed by atoms with Gasteiger partial charge >= 0.3 is 0 Å². The van der Waals surface area contributed by atoms with Crippen LogP contribution in [0.5, 0.6) is 5.75 Å². The molecule has 0 amide bonds. The molecule has 128 valence electrons. The van der Waals surface area contributed by atoms with Gasteiger partial charge in [0.25, 0.3) is 0 Å². The Bertz CT molecular complexity index is 797. The number of aromatic hydroxyl groups is 1. The fraction of sp³-hybridized carbons (Fsp3) is 0.429. The number of unbranched alkanes of at least 4 members (excludes halogenated alkanes) is 3. The minimum Gasteiger partial charge on any atom is -0.507 e. The molecule has 24 heavy (non-hydrogen) atoms. The molecule has 0 atom stereocenters. The van der Waals surface area contributed by atoms with E-state index in [4.69, 9.17) is 4.42 Å². The molecule has 0 fully saturated rings. The van der Waals surface area contributed by atoms with Crippen LogP contribution in [-0.4, -0.2) is 5.11 Å². The zero-order valence-corrected chi connectivity index (χ0v) is 15.6. The summed E-state index contributed by atoms with van der Waals surface area (Å²) >= 11 is 1.66. The van der Waals surface area contributed by atoms with Crippen LogP contribution in [-0.2, 0) is 5.41 Å². The van der Waals surface area contributed by atoms with Crippen LogP contribution in [0.3, 0.4) is 0 Å². The van der Waals surface area contributed by atoms with Crippen molar-refractivity contribution in [2.45, 2.75) is 58.3 Å². The van der Waals surface area contributed by atoms with Gasteiger partial charge in [0.1, 0.15) is 17.6 Å². The van der Waals surface area contributed by atoms with Crippen molar-refractivity contribution in [3.8, 4) is 16.2 Å². The number of rotatable bonds is 7. The summed E-state index contributed by atoms with van der Waals surface area (Å²) in [7, 11) is 0. The Morgan fingerprint density at radius 2 is 2.00 bits per heavy atom. The normalized spacial score (nSPS) is 12.1. The second kappa shape index (κ2) is 7.02. The molecule has 0 bridgehead atoms. The molecule has 0 aliphatic rings. The summed E-state index contributed by atoms with van der Waals surface area (Å²) in [6.07, 6.45) is 7.92. The Morgan fingerprint density at radius 1 is 1.17 bits per heavy atom.